The van der Waals surface area contributed by atoms with E-state index in [1.807, 2.05) is 0 Å². The van der Waals surface area contributed by atoms with Gasteiger partial charge in [-0.15, -0.1) is 0 Å². The Labute approximate surface area is 77.2 Å². The summed E-state index contributed by atoms with van der Waals surface area (Å²) in [7, 11) is 0. The number of hydrogen-bond acceptors (Lipinski definition) is 2. The van der Waals surface area contributed by atoms with Crippen LogP contribution in [0.15, 0.2) is 4.99 Å². The highest BCUT2D eigenvalue weighted by atomic mass is 19.4. The number of carbonyl (C=O) groups is 2. The van der Waals surface area contributed by atoms with E-state index in [9.17, 15) is 22.8 Å². The highest BCUT2D eigenvalue weighted by molar-refractivity contribution is 6.50. The standard InChI is InChI=1S/C7H6F3N2O2/c1-3(2-7(8,9)10)4-5(13)12-6(14)11-4/h2H2,1H3,(H,12,13,14). The summed E-state index contributed by atoms with van der Waals surface area (Å²) in [6.45, 7) is 1.12. The molecule has 4 nitrogen and oxygen atoms in total. The Kier molecular flexibility index (Phi) is 2.59. The normalized spacial score (nSPS) is 17.4. The summed E-state index contributed by atoms with van der Waals surface area (Å²) in [6, 6.07) is -0.925. The molecule has 7 heteroatoms. The monoisotopic (exact) mass is 207 g/mol. The molecule has 0 aromatic rings. The molecule has 0 aromatic heterocycles. The smallest absolute Gasteiger partial charge is 0.271 e. The van der Waals surface area contributed by atoms with E-state index in [-0.39, 0.29) is 5.92 Å². The first kappa shape index (κ1) is 10.7. The zero-order valence-corrected chi connectivity index (χ0v) is 7.10. The summed E-state index contributed by atoms with van der Waals surface area (Å²) in [4.78, 5) is 24.5. The van der Waals surface area contributed by atoms with Gasteiger partial charge in [-0.2, -0.15) is 18.2 Å². The predicted molar refractivity (Wildman–Crippen MR) is 40.6 cm³/mol. The number of urea groups is 1. The van der Waals surface area contributed by atoms with Crippen molar-refractivity contribution in [1.29, 1.82) is 0 Å². The SMILES string of the molecule is C[C](CC(F)(F)F)C1=NC(=O)NC1=O. The van der Waals surface area contributed by atoms with Gasteiger partial charge in [0.25, 0.3) is 5.91 Å². The molecular formula is C7H6F3N2O2. The van der Waals surface area contributed by atoms with E-state index in [0.717, 1.165) is 6.92 Å². The third-order valence-corrected chi connectivity index (χ3v) is 1.52. The van der Waals surface area contributed by atoms with Gasteiger partial charge in [-0.25, -0.2) is 4.79 Å². The maximum Gasteiger partial charge on any atom is 0.390 e. The van der Waals surface area contributed by atoms with E-state index >= 15 is 0 Å². The Morgan fingerprint density at radius 3 is 2.36 bits per heavy atom. The predicted octanol–water partition coefficient (Wildman–Crippen LogP) is 1.22. The molecule has 0 aromatic carbocycles. The Balaban J connectivity index is 2.71. The minimum Gasteiger partial charge on any atom is -0.271 e. The second-order valence-electron chi connectivity index (χ2n) is 2.79. The van der Waals surface area contributed by atoms with Crippen LogP contribution in [0.1, 0.15) is 13.3 Å². The third kappa shape index (κ3) is 2.54. The van der Waals surface area contributed by atoms with Gasteiger partial charge in [-0.1, -0.05) is 6.92 Å². The highest BCUT2D eigenvalue weighted by Gasteiger charge is 2.36. The van der Waals surface area contributed by atoms with Gasteiger partial charge in [0.05, 0.1) is 6.42 Å². The lowest BCUT2D eigenvalue weighted by Gasteiger charge is -2.11. The number of halogens is 3. The average Bonchev–Trinajstić information content (AvgIpc) is 2.26. The van der Waals surface area contributed by atoms with Crippen LogP contribution in [0.3, 0.4) is 0 Å². The minimum atomic E-state index is -4.40. The Morgan fingerprint density at radius 1 is 1.43 bits per heavy atom. The summed E-state index contributed by atoms with van der Waals surface area (Å²) >= 11 is 0. The van der Waals surface area contributed by atoms with Gasteiger partial charge in [-0.05, 0) is 0 Å². The largest absolute Gasteiger partial charge is 0.390 e. The van der Waals surface area contributed by atoms with Crippen molar-refractivity contribution in [3.05, 3.63) is 5.92 Å². The molecule has 1 rings (SSSR count). The van der Waals surface area contributed by atoms with E-state index in [1.54, 1.807) is 5.32 Å². The molecule has 0 saturated carbocycles. The lowest BCUT2D eigenvalue weighted by atomic mass is 10.0. The summed E-state index contributed by atoms with van der Waals surface area (Å²) in [5, 5.41) is 1.76. The lowest BCUT2D eigenvalue weighted by molar-refractivity contribution is -0.129. The van der Waals surface area contributed by atoms with Crippen LogP contribution in [0.2, 0.25) is 0 Å². The molecule has 1 N–H and O–H groups in total. The minimum absolute atomic E-state index is 0.263. The van der Waals surface area contributed by atoms with Crippen molar-refractivity contribution in [1.82, 2.24) is 5.32 Å². The topological polar surface area (TPSA) is 58.5 Å². The summed E-state index contributed by atoms with van der Waals surface area (Å²) in [5.74, 6) is -1.14. The van der Waals surface area contributed by atoms with E-state index in [4.69, 9.17) is 0 Å². The van der Waals surface area contributed by atoms with Crippen molar-refractivity contribution in [2.75, 3.05) is 0 Å². The van der Waals surface area contributed by atoms with Gasteiger partial charge in [0.1, 0.15) is 5.71 Å². The van der Waals surface area contributed by atoms with Gasteiger partial charge in [0.15, 0.2) is 0 Å². The van der Waals surface area contributed by atoms with Crippen LogP contribution < -0.4 is 5.32 Å². The van der Waals surface area contributed by atoms with Crippen molar-refractivity contribution >= 4 is 17.6 Å². The van der Waals surface area contributed by atoms with Crippen molar-refractivity contribution in [2.45, 2.75) is 19.5 Å². The van der Waals surface area contributed by atoms with Crippen molar-refractivity contribution in [3.8, 4) is 0 Å². The maximum absolute atomic E-state index is 11.9. The zero-order chi connectivity index (χ0) is 10.9. The molecule has 0 bridgehead atoms. The van der Waals surface area contributed by atoms with E-state index < -0.39 is 30.2 Å². The molecule has 3 amide bonds. The number of aliphatic imine (C=N–C) groups is 1. The van der Waals surface area contributed by atoms with Crippen LogP contribution >= 0.6 is 0 Å². The van der Waals surface area contributed by atoms with Gasteiger partial charge in [-0.3, -0.25) is 10.1 Å². The number of rotatable bonds is 2. The van der Waals surface area contributed by atoms with E-state index in [1.165, 1.54) is 0 Å². The number of carbonyl (C=O) groups excluding carboxylic acids is 2. The number of alkyl halides is 3. The van der Waals surface area contributed by atoms with Crippen molar-refractivity contribution in [3.63, 3.8) is 0 Å². The van der Waals surface area contributed by atoms with Crippen LogP contribution in [0, 0.1) is 5.92 Å². The molecule has 14 heavy (non-hydrogen) atoms. The van der Waals surface area contributed by atoms with E-state index in [0.29, 0.717) is 0 Å². The Hall–Kier alpha value is -1.40. The van der Waals surface area contributed by atoms with Crippen LogP contribution in [0.25, 0.3) is 0 Å². The number of amides is 3. The first-order chi connectivity index (χ1) is 6.29. The van der Waals surface area contributed by atoms with Crippen LogP contribution in [-0.2, 0) is 4.79 Å². The fraction of sp³-hybridized carbons (Fsp3) is 0.429. The van der Waals surface area contributed by atoms with Crippen molar-refractivity contribution in [2.24, 2.45) is 4.99 Å². The quantitative estimate of drug-likeness (QED) is 0.740. The lowest BCUT2D eigenvalue weighted by Crippen LogP contribution is -2.29. The van der Waals surface area contributed by atoms with Crippen molar-refractivity contribution < 1.29 is 22.8 Å². The molecule has 0 unspecified atom stereocenters. The molecule has 0 aliphatic carbocycles. The van der Waals surface area contributed by atoms with Crippen LogP contribution in [0.5, 0.6) is 0 Å². The number of nitrogens with zero attached hydrogens (tertiary/aromatic N) is 1. The zero-order valence-electron chi connectivity index (χ0n) is 7.10. The number of nitrogens with one attached hydrogen (secondary N) is 1. The molecule has 1 aliphatic rings. The molecule has 1 heterocycles. The van der Waals surface area contributed by atoms with Crippen LogP contribution in [-0.4, -0.2) is 23.8 Å². The first-order valence-electron chi connectivity index (χ1n) is 3.63. The summed E-state index contributed by atoms with van der Waals surface area (Å²) in [6.07, 6.45) is -5.65. The van der Waals surface area contributed by atoms with Crippen LogP contribution in [0.4, 0.5) is 18.0 Å². The Bertz CT molecular complexity index is 309. The molecule has 77 valence electrons. The van der Waals surface area contributed by atoms with Gasteiger partial charge >= 0.3 is 12.2 Å². The summed E-state index contributed by atoms with van der Waals surface area (Å²) < 4.78 is 35.7. The fourth-order valence-corrected chi connectivity index (χ4v) is 1.01. The maximum atomic E-state index is 11.9. The molecule has 1 aliphatic heterocycles. The molecule has 0 atom stereocenters. The first-order valence-corrected chi connectivity index (χ1v) is 3.63. The fourth-order valence-electron chi connectivity index (χ4n) is 1.01. The number of hydrogen-bond donors (Lipinski definition) is 1. The molecule has 0 saturated heterocycles. The van der Waals surface area contributed by atoms with Gasteiger partial charge in [0.2, 0.25) is 0 Å². The molecule has 1 radical (unpaired) electrons. The molecular weight excluding hydrogens is 201 g/mol. The Morgan fingerprint density at radius 2 is 2.00 bits per heavy atom. The third-order valence-electron chi connectivity index (χ3n) is 1.52. The van der Waals surface area contributed by atoms with Gasteiger partial charge < -0.3 is 0 Å². The molecule has 0 fully saturated rings. The average molecular weight is 207 g/mol. The highest BCUT2D eigenvalue weighted by Crippen LogP contribution is 2.27. The summed E-state index contributed by atoms with van der Waals surface area (Å²) in [5.41, 5.74) is -0.438. The number of imide groups is 1. The second-order valence-corrected chi connectivity index (χ2v) is 2.79. The molecule has 0 spiro atoms. The van der Waals surface area contributed by atoms with Gasteiger partial charge in [0, 0.05) is 5.92 Å². The second kappa shape index (κ2) is 3.39. The van der Waals surface area contributed by atoms with E-state index in [2.05, 4.69) is 4.99 Å².